The van der Waals surface area contributed by atoms with Gasteiger partial charge in [-0.3, -0.25) is 19.7 Å². The number of fused-ring (bicyclic) bond motifs is 1. The predicted molar refractivity (Wildman–Crippen MR) is 170 cm³/mol. The van der Waals surface area contributed by atoms with Crippen LogP contribution in [0.5, 0.6) is 5.75 Å². The molecule has 0 saturated carbocycles. The lowest BCUT2D eigenvalue weighted by Gasteiger charge is -2.31. The number of carbonyl (C=O) groups excluding carboxylic acids is 1. The van der Waals surface area contributed by atoms with Crippen LogP contribution in [-0.2, 0) is 4.79 Å². The molecular weight excluding hydrogens is 605 g/mol. The van der Waals surface area contributed by atoms with Crippen molar-refractivity contribution < 1.29 is 9.53 Å². The quantitative estimate of drug-likeness (QED) is 0.230. The minimum absolute atomic E-state index is 0.0558. The van der Waals surface area contributed by atoms with Crippen molar-refractivity contribution in [2.45, 2.75) is 0 Å². The Balaban J connectivity index is 1.35. The highest BCUT2D eigenvalue weighted by Crippen LogP contribution is 2.35. The number of hydrogen-bond acceptors (Lipinski definition) is 10. The summed E-state index contributed by atoms with van der Waals surface area (Å²) in [6, 6.07) is 9.40. The molecule has 2 aromatic heterocycles. The molecule has 0 unspecified atom stereocenters. The van der Waals surface area contributed by atoms with Gasteiger partial charge in [0.05, 0.1) is 34.8 Å². The van der Waals surface area contributed by atoms with Gasteiger partial charge in [-0.05, 0) is 66.6 Å². The fourth-order valence-corrected chi connectivity index (χ4v) is 6.13. The molecule has 0 atom stereocenters. The normalized spacial score (nSPS) is 14.3. The van der Waals surface area contributed by atoms with Crippen LogP contribution in [0.15, 0.2) is 53.4 Å². The number of rotatable bonds is 9. The Hall–Kier alpha value is -3.44. The van der Waals surface area contributed by atoms with E-state index in [0.29, 0.717) is 39.9 Å². The molecule has 0 spiro atoms. The highest BCUT2D eigenvalue weighted by Gasteiger charge is 2.18. The zero-order valence-electron chi connectivity index (χ0n) is 23.5. The first kappa shape index (κ1) is 29.1. The van der Waals surface area contributed by atoms with Crippen molar-refractivity contribution in [2.75, 3.05) is 76.2 Å². The molecule has 4 aromatic rings. The number of benzene rings is 2. The number of nitrogens with one attached hydrogen (secondary N) is 3. The number of aromatic nitrogens is 4. The summed E-state index contributed by atoms with van der Waals surface area (Å²) in [5.41, 5.74) is 3.95. The summed E-state index contributed by atoms with van der Waals surface area (Å²) in [6.45, 7) is 8.41. The van der Waals surface area contributed by atoms with Crippen molar-refractivity contribution in [3.63, 3.8) is 0 Å². The lowest BCUT2D eigenvalue weighted by Crippen LogP contribution is -2.47. The lowest BCUT2D eigenvalue weighted by molar-refractivity contribution is -0.117. The van der Waals surface area contributed by atoms with E-state index < -0.39 is 7.92 Å². The summed E-state index contributed by atoms with van der Waals surface area (Å²) >= 11 is 3.58. The lowest BCUT2D eigenvalue weighted by atomic mass is 10.2. The van der Waals surface area contributed by atoms with Gasteiger partial charge in [0.2, 0.25) is 11.9 Å². The van der Waals surface area contributed by atoms with Gasteiger partial charge in [-0.25, -0.2) is 4.98 Å². The van der Waals surface area contributed by atoms with E-state index in [4.69, 9.17) is 9.72 Å². The minimum Gasteiger partial charge on any atom is -0.495 e. The molecule has 214 valence electrons. The van der Waals surface area contributed by atoms with Gasteiger partial charge < -0.3 is 25.6 Å². The number of amides is 1. The Bertz CT molecular complexity index is 1550. The summed E-state index contributed by atoms with van der Waals surface area (Å²) in [5, 5.41) is 10.8. The van der Waals surface area contributed by atoms with Crippen LogP contribution < -0.4 is 26.0 Å². The summed E-state index contributed by atoms with van der Waals surface area (Å²) < 4.78 is 6.27. The van der Waals surface area contributed by atoms with Crippen LogP contribution in [0.1, 0.15) is 0 Å². The van der Waals surface area contributed by atoms with E-state index in [1.807, 2.05) is 24.3 Å². The van der Waals surface area contributed by atoms with Crippen molar-refractivity contribution >= 4 is 74.9 Å². The van der Waals surface area contributed by atoms with Crippen LogP contribution in [0.25, 0.3) is 11.0 Å². The van der Waals surface area contributed by atoms with E-state index in [0.717, 1.165) is 48.2 Å². The Morgan fingerprint density at radius 2 is 1.80 bits per heavy atom. The van der Waals surface area contributed by atoms with Crippen molar-refractivity contribution in [3.05, 3.63) is 53.4 Å². The van der Waals surface area contributed by atoms with Crippen molar-refractivity contribution in [1.82, 2.24) is 29.7 Å². The second-order valence-electron chi connectivity index (χ2n) is 9.96. The highest BCUT2D eigenvalue weighted by atomic mass is 79.9. The molecule has 2 aromatic carbocycles. The molecule has 1 amide bonds. The summed E-state index contributed by atoms with van der Waals surface area (Å²) in [6.07, 6.45) is 5.11. The molecule has 0 bridgehead atoms. The fourth-order valence-electron chi connectivity index (χ4n) is 4.63. The highest BCUT2D eigenvalue weighted by molar-refractivity contribution is 9.10. The van der Waals surface area contributed by atoms with Gasteiger partial charge in [-0.2, -0.15) is 4.98 Å². The SMILES string of the molecule is COc1ccc(NC(=O)CN2CCN(C)CC2)cc1Nc1ncc(Br)c(Nc2ccc3nccnc3c2P(C)C)n1. The minimum atomic E-state index is -0.491. The van der Waals surface area contributed by atoms with E-state index in [2.05, 4.69) is 77.0 Å². The standard InChI is InChI=1S/C28H33BrN9O2P/c1-37-11-13-38(14-12-37)17-24(39)33-18-5-8-23(40-2)22(15-18)35-28-32-16-19(29)27(36-28)34-21-7-6-20-25(26(21)41(3)4)31-10-9-30-20/h5-10,15-16H,11-14,17H2,1-4H3,(H,33,39)(H2,32,34,35,36). The molecule has 5 rings (SSSR count). The number of methoxy groups -OCH3 is 1. The topological polar surface area (TPSA) is 120 Å². The van der Waals surface area contributed by atoms with Crippen LogP contribution >= 0.6 is 23.9 Å². The monoisotopic (exact) mass is 637 g/mol. The molecule has 41 heavy (non-hydrogen) atoms. The average molecular weight is 639 g/mol. The number of nitrogens with zero attached hydrogens (tertiary/aromatic N) is 6. The van der Waals surface area contributed by atoms with Crippen LogP contribution in [0.4, 0.5) is 28.8 Å². The van der Waals surface area contributed by atoms with Gasteiger partial charge in [0.25, 0.3) is 0 Å². The molecule has 1 fully saturated rings. The molecular formula is C28H33BrN9O2P. The van der Waals surface area contributed by atoms with Gasteiger partial charge in [-0.15, -0.1) is 0 Å². The number of likely N-dealkylation sites (N-methyl/N-ethyl adjacent to an activating group) is 1. The first-order valence-corrected chi connectivity index (χ1v) is 16.2. The summed E-state index contributed by atoms with van der Waals surface area (Å²) in [5.74, 6) is 1.51. The molecule has 0 aliphatic carbocycles. The number of halogens is 1. The maximum absolute atomic E-state index is 12.7. The van der Waals surface area contributed by atoms with Crippen molar-refractivity contribution in [3.8, 4) is 5.75 Å². The molecule has 1 aliphatic rings. The maximum atomic E-state index is 12.7. The van der Waals surface area contributed by atoms with Gasteiger partial charge in [0, 0.05) is 61.4 Å². The second-order valence-corrected chi connectivity index (χ2v) is 13.1. The van der Waals surface area contributed by atoms with E-state index in [-0.39, 0.29) is 5.91 Å². The number of ether oxygens (including phenoxy) is 1. The summed E-state index contributed by atoms with van der Waals surface area (Å²) in [7, 11) is 3.20. The fraction of sp³-hybridized carbons (Fsp3) is 0.321. The zero-order chi connectivity index (χ0) is 28.9. The van der Waals surface area contributed by atoms with E-state index in [9.17, 15) is 4.79 Å². The molecule has 3 heterocycles. The third kappa shape index (κ3) is 7.08. The summed E-state index contributed by atoms with van der Waals surface area (Å²) in [4.78, 5) is 35.4. The molecule has 11 nitrogen and oxygen atoms in total. The molecule has 13 heteroatoms. The Kier molecular flexibility index (Phi) is 9.24. The van der Waals surface area contributed by atoms with E-state index in [1.54, 1.807) is 31.8 Å². The van der Waals surface area contributed by atoms with Crippen LogP contribution in [0.2, 0.25) is 0 Å². The molecule has 1 saturated heterocycles. The maximum Gasteiger partial charge on any atom is 0.238 e. The van der Waals surface area contributed by atoms with Crippen LogP contribution in [0, 0.1) is 0 Å². The first-order valence-electron chi connectivity index (χ1n) is 13.2. The average Bonchev–Trinajstić information content (AvgIpc) is 2.96. The predicted octanol–water partition coefficient (Wildman–Crippen LogP) is 4.23. The number of carbonyl (C=O) groups is 1. The largest absolute Gasteiger partial charge is 0.495 e. The zero-order valence-corrected chi connectivity index (χ0v) is 26.0. The van der Waals surface area contributed by atoms with Gasteiger partial charge >= 0.3 is 0 Å². The van der Waals surface area contributed by atoms with Crippen molar-refractivity contribution in [1.29, 1.82) is 0 Å². The van der Waals surface area contributed by atoms with Crippen LogP contribution in [-0.4, -0.2) is 95.9 Å². The number of hydrogen-bond donors (Lipinski definition) is 3. The number of anilines is 5. The van der Waals surface area contributed by atoms with E-state index >= 15 is 0 Å². The Morgan fingerprint density at radius 3 is 2.56 bits per heavy atom. The Morgan fingerprint density at radius 1 is 1.02 bits per heavy atom. The van der Waals surface area contributed by atoms with E-state index in [1.165, 1.54) is 0 Å². The molecule has 3 N–H and O–H groups in total. The molecule has 0 radical (unpaired) electrons. The first-order chi connectivity index (χ1) is 19.8. The van der Waals surface area contributed by atoms with Gasteiger partial charge in [0.1, 0.15) is 11.6 Å². The van der Waals surface area contributed by atoms with Crippen LogP contribution in [0.3, 0.4) is 0 Å². The molecule has 1 aliphatic heterocycles. The number of piperazine rings is 1. The second kappa shape index (κ2) is 13.0. The third-order valence-electron chi connectivity index (χ3n) is 6.75. The van der Waals surface area contributed by atoms with Crippen molar-refractivity contribution in [2.24, 2.45) is 0 Å². The van der Waals surface area contributed by atoms with Gasteiger partial charge in [0.15, 0.2) is 0 Å². The Labute approximate surface area is 249 Å². The third-order valence-corrected chi connectivity index (χ3v) is 8.68. The van der Waals surface area contributed by atoms with Gasteiger partial charge in [-0.1, -0.05) is 7.92 Å². The smallest absolute Gasteiger partial charge is 0.238 e.